The van der Waals surface area contributed by atoms with E-state index < -0.39 is 57.8 Å². The molecule has 0 heterocycles. The molecule has 0 aliphatic heterocycles. The fourth-order valence-electron chi connectivity index (χ4n) is 6.97. The maximum atomic E-state index is 12.9. The molecule has 0 aromatic rings. The zero-order valence-electron chi connectivity index (χ0n) is 47.2. The van der Waals surface area contributed by atoms with E-state index in [9.17, 15) is 28.9 Å². The van der Waals surface area contributed by atoms with Crippen molar-refractivity contribution in [1.29, 1.82) is 0 Å². The highest BCUT2D eigenvalue weighted by Gasteiger charge is 2.28. The Kier molecular flexibility index (Phi) is 53.1. The number of hydrogen-bond acceptors (Lipinski definition) is 10. The van der Waals surface area contributed by atoms with Crippen LogP contribution in [0, 0.1) is 0 Å². The first-order valence-corrected chi connectivity index (χ1v) is 30.2. The number of ether oxygens (including phenoxy) is 3. The number of phosphoric ester groups is 1. The van der Waals surface area contributed by atoms with Crippen molar-refractivity contribution in [2.75, 3.05) is 26.4 Å². The number of rotatable bonds is 51. The van der Waals surface area contributed by atoms with Crippen LogP contribution in [0.2, 0.25) is 0 Å². The second kappa shape index (κ2) is 56.6. The minimum atomic E-state index is -4.78. The molecule has 3 atom stereocenters. The Morgan fingerprint density at radius 3 is 1.03 bits per heavy atom. The number of carbonyl (C=O) groups is 3. The largest absolute Gasteiger partial charge is 0.472 e. The van der Waals surface area contributed by atoms with Gasteiger partial charge in [0.1, 0.15) is 12.7 Å². The number of aliphatic hydroxyl groups excluding tert-OH is 1. The Bertz CT molecular complexity index is 1830. The van der Waals surface area contributed by atoms with Gasteiger partial charge in [0.2, 0.25) is 0 Å². The third-order valence-electron chi connectivity index (χ3n) is 11.2. The Hall–Kier alpha value is -4.64. The molecular weight excluding hydrogens is 976 g/mol. The van der Waals surface area contributed by atoms with Crippen molar-refractivity contribution in [2.24, 2.45) is 0 Å². The van der Waals surface area contributed by atoms with Crippen LogP contribution in [0.15, 0.2) is 146 Å². The van der Waals surface area contributed by atoms with Gasteiger partial charge >= 0.3 is 25.7 Å². The molecule has 76 heavy (non-hydrogen) atoms. The van der Waals surface area contributed by atoms with Crippen LogP contribution in [0.4, 0.5) is 0 Å². The summed E-state index contributed by atoms with van der Waals surface area (Å²) in [6.07, 6.45) is 72.4. The molecule has 0 rings (SSSR count). The molecule has 0 bridgehead atoms. The number of phosphoric acid groups is 1. The van der Waals surface area contributed by atoms with E-state index in [0.717, 1.165) is 141 Å². The van der Waals surface area contributed by atoms with Gasteiger partial charge in [-0.25, -0.2) is 4.57 Å². The molecule has 3 unspecified atom stereocenters. The molecule has 0 amide bonds. The van der Waals surface area contributed by atoms with Crippen LogP contribution in [0.3, 0.4) is 0 Å². The lowest BCUT2D eigenvalue weighted by Gasteiger charge is -2.21. The summed E-state index contributed by atoms with van der Waals surface area (Å²) in [4.78, 5) is 48.5. The highest BCUT2D eigenvalue weighted by molar-refractivity contribution is 7.47. The molecule has 0 saturated heterocycles. The Morgan fingerprint density at radius 2 is 0.645 bits per heavy atom. The summed E-state index contributed by atoms with van der Waals surface area (Å²) >= 11 is 0. The number of esters is 3. The molecule has 2 N–H and O–H groups in total. The molecule has 0 radical (unpaired) electrons. The first kappa shape index (κ1) is 71.4. The molecule has 428 valence electrons. The molecule has 0 fully saturated rings. The Labute approximate surface area is 461 Å². The molecule has 0 saturated carbocycles. The number of hydrogen-bond donors (Lipinski definition) is 2. The number of unbranched alkanes of at least 4 members (excludes halogenated alkanes) is 10. The van der Waals surface area contributed by atoms with E-state index in [1.54, 1.807) is 0 Å². The van der Waals surface area contributed by atoms with Gasteiger partial charge in [0.25, 0.3) is 0 Å². The summed E-state index contributed by atoms with van der Waals surface area (Å²) in [6.45, 7) is 4.17. The summed E-state index contributed by atoms with van der Waals surface area (Å²) in [5.74, 6) is -1.59. The van der Waals surface area contributed by atoms with E-state index in [1.807, 2.05) is 0 Å². The van der Waals surface area contributed by atoms with Crippen molar-refractivity contribution in [3.8, 4) is 0 Å². The average molecular weight is 1080 g/mol. The molecule has 0 spiro atoms. The summed E-state index contributed by atoms with van der Waals surface area (Å²) in [7, 11) is -4.78. The van der Waals surface area contributed by atoms with Crippen LogP contribution in [-0.2, 0) is 42.2 Å². The van der Waals surface area contributed by atoms with Crippen LogP contribution in [0.5, 0.6) is 0 Å². The van der Waals surface area contributed by atoms with Gasteiger partial charge in [0.05, 0.1) is 19.8 Å². The van der Waals surface area contributed by atoms with Crippen molar-refractivity contribution in [2.45, 2.75) is 213 Å². The molecule has 0 aromatic carbocycles. The second-order valence-electron chi connectivity index (χ2n) is 18.3. The molecule has 11 nitrogen and oxygen atoms in total. The lowest BCUT2D eigenvalue weighted by atomic mass is 10.1. The summed E-state index contributed by atoms with van der Waals surface area (Å²) in [6, 6.07) is 0. The number of carbonyl (C=O) groups excluding carboxylic acids is 3. The van der Waals surface area contributed by atoms with Crippen molar-refractivity contribution >= 4 is 25.7 Å². The second-order valence-corrected chi connectivity index (χ2v) is 19.8. The molecule has 0 aliphatic rings. The highest BCUT2D eigenvalue weighted by atomic mass is 31.2. The van der Waals surface area contributed by atoms with Crippen molar-refractivity contribution in [3.63, 3.8) is 0 Å². The smallest absolute Gasteiger partial charge is 0.462 e. The van der Waals surface area contributed by atoms with Crippen LogP contribution in [-0.4, -0.2) is 66.5 Å². The minimum Gasteiger partial charge on any atom is -0.462 e. The lowest BCUT2D eigenvalue weighted by molar-refractivity contribution is -0.161. The van der Waals surface area contributed by atoms with Gasteiger partial charge in [-0.1, -0.05) is 192 Å². The van der Waals surface area contributed by atoms with Crippen molar-refractivity contribution in [3.05, 3.63) is 146 Å². The maximum absolute atomic E-state index is 12.9. The summed E-state index contributed by atoms with van der Waals surface area (Å²) in [5.41, 5.74) is 0. The van der Waals surface area contributed by atoms with Gasteiger partial charge in [0, 0.05) is 19.3 Å². The van der Waals surface area contributed by atoms with E-state index in [2.05, 4.69) is 167 Å². The first-order chi connectivity index (χ1) is 37.2. The van der Waals surface area contributed by atoms with Crippen LogP contribution >= 0.6 is 7.82 Å². The lowest BCUT2D eigenvalue weighted by Crippen LogP contribution is -2.30. The third-order valence-corrected chi connectivity index (χ3v) is 12.2. The Balaban J connectivity index is 4.87. The highest BCUT2D eigenvalue weighted by Crippen LogP contribution is 2.43. The van der Waals surface area contributed by atoms with Crippen LogP contribution in [0.1, 0.15) is 201 Å². The van der Waals surface area contributed by atoms with Gasteiger partial charge in [-0.2, -0.15) is 0 Å². The first-order valence-electron chi connectivity index (χ1n) is 28.7. The SMILES string of the molecule is CC/C=C\C/C=C\C/C=C\C/C=C\C/C=C\CCCCCC(=O)OCC(COP(=O)(O)OCC(CO)OC(=O)CCCCCCC/C=C\C/C=C\C/C=C\CC)OC(=O)CCCC/C=C\C/C=C\C/C=C\C/C=C\CC. The van der Waals surface area contributed by atoms with Gasteiger partial charge in [-0.05, 0) is 135 Å². The fourth-order valence-corrected chi connectivity index (χ4v) is 7.76. The summed E-state index contributed by atoms with van der Waals surface area (Å²) in [5, 5.41) is 9.81. The molecule has 12 heteroatoms. The van der Waals surface area contributed by atoms with Gasteiger partial charge in [0.15, 0.2) is 6.10 Å². The van der Waals surface area contributed by atoms with Crippen molar-refractivity contribution in [1.82, 2.24) is 0 Å². The quantitative estimate of drug-likeness (QED) is 0.0197. The Morgan fingerprint density at radius 1 is 0.368 bits per heavy atom. The average Bonchev–Trinajstić information content (AvgIpc) is 3.41. The van der Waals surface area contributed by atoms with Gasteiger partial charge in [-0.3, -0.25) is 23.4 Å². The van der Waals surface area contributed by atoms with E-state index in [0.29, 0.717) is 19.3 Å². The maximum Gasteiger partial charge on any atom is 0.472 e. The minimum absolute atomic E-state index is 0.0976. The van der Waals surface area contributed by atoms with Crippen LogP contribution in [0.25, 0.3) is 0 Å². The summed E-state index contributed by atoms with van der Waals surface area (Å²) < 4.78 is 39.4. The van der Waals surface area contributed by atoms with Crippen LogP contribution < -0.4 is 0 Å². The van der Waals surface area contributed by atoms with E-state index >= 15 is 0 Å². The molecule has 0 aromatic heterocycles. The molecular formula is C64H101O11P. The van der Waals surface area contributed by atoms with E-state index in [4.69, 9.17) is 23.3 Å². The number of allylic oxidation sites excluding steroid dienone is 24. The monoisotopic (exact) mass is 1080 g/mol. The standard InChI is InChI=1S/C64H101O11P/c1-4-7-10-13-16-19-22-25-28-29-30-31-34-35-38-41-44-47-50-53-62(66)71-57-61(75-64(68)55-52-49-46-43-40-37-33-27-24-21-18-15-12-9-6-3)59-73-76(69,70)72-58-60(56-65)74-63(67)54-51-48-45-42-39-36-32-26-23-20-17-14-11-8-5-2/h7-12,16-21,25-28,30-33,35,38,40,43,60-61,65H,4-6,13-15,22-24,29,34,36-37,39,41-42,44-59H2,1-3H3,(H,69,70)/b10-7-,11-8-,12-9-,19-16-,20-17-,21-18-,28-25-,31-30-,32-26-,33-27-,38-35-,43-40-. The normalized spacial score (nSPS) is 14.4. The topological polar surface area (TPSA) is 155 Å². The predicted molar refractivity (Wildman–Crippen MR) is 316 cm³/mol. The van der Waals surface area contributed by atoms with Crippen molar-refractivity contribution < 1.29 is 52.2 Å². The molecule has 0 aliphatic carbocycles. The van der Waals surface area contributed by atoms with Gasteiger partial charge < -0.3 is 24.2 Å². The zero-order valence-corrected chi connectivity index (χ0v) is 48.0. The zero-order chi connectivity index (χ0) is 55.5. The fraction of sp³-hybridized carbons (Fsp3) is 0.578. The van der Waals surface area contributed by atoms with E-state index in [1.165, 1.54) is 0 Å². The predicted octanol–water partition coefficient (Wildman–Crippen LogP) is 17.1. The number of aliphatic hydroxyl groups is 1. The van der Waals surface area contributed by atoms with E-state index in [-0.39, 0.29) is 25.9 Å². The third kappa shape index (κ3) is 54.2. The van der Waals surface area contributed by atoms with Gasteiger partial charge in [-0.15, -0.1) is 0 Å².